The molecule has 2 aromatic carbocycles. The van der Waals surface area contributed by atoms with E-state index in [9.17, 15) is 14.7 Å². The number of aliphatic hydroxyl groups is 1. The zero-order chi connectivity index (χ0) is 23.7. The van der Waals surface area contributed by atoms with Crippen molar-refractivity contribution in [3.63, 3.8) is 0 Å². The highest BCUT2D eigenvalue weighted by molar-refractivity contribution is 6.51. The lowest BCUT2D eigenvalue weighted by Crippen LogP contribution is -2.29. The fourth-order valence-electron chi connectivity index (χ4n) is 3.70. The average molecular weight is 466 g/mol. The van der Waals surface area contributed by atoms with Crippen molar-refractivity contribution in [3.8, 4) is 5.75 Å². The number of aliphatic hydroxyl groups excluding tert-OH is 1. The lowest BCUT2D eigenvalue weighted by Gasteiger charge is -2.23. The molecule has 6 nitrogen and oxygen atoms in total. The third-order valence-electron chi connectivity index (χ3n) is 5.29. The zero-order valence-electron chi connectivity index (χ0n) is 18.5. The fourth-order valence-corrected chi connectivity index (χ4v) is 3.82. The van der Waals surface area contributed by atoms with Crippen molar-refractivity contribution >= 4 is 34.7 Å². The van der Waals surface area contributed by atoms with E-state index in [1.807, 2.05) is 0 Å². The largest absolute Gasteiger partial charge is 0.507 e. The van der Waals surface area contributed by atoms with Crippen LogP contribution in [0, 0.1) is 12.8 Å². The molecule has 7 heteroatoms. The number of benzene rings is 2. The molecule has 33 heavy (non-hydrogen) atoms. The van der Waals surface area contributed by atoms with Gasteiger partial charge >= 0.3 is 0 Å². The van der Waals surface area contributed by atoms with Crippen LogP contribution < -0.4 is 9.64 Å². The van der Waals surface area contributed by atoms with Crippen molar-refractivity contribution < 1.29 is 23.8 Å². The molecule has 0 spiro atoms. The molecule has 1 unspecified atom stereocenters. The number of aryl methyl sites for hydroxylation is 1. The fraction of sp³-hybridized carbons (Fsp3) is 0.231. The minimum atomic E-state index is -0.920. The van der Waals surface area contributed by atoms with E-state index in [1.54, 1.807) is 67.6 Å². The van der Waals surface area contributed by atoms with Crippen LogP contribution in [0.15, 0.2) is 70.7 Å². The number of amides is 1. The molecule has 1 N–H and O–H groups in total. The molecule has 0 radical (unpaired) electrons. The van der Waals surface area contributed by atoms with Gasteiger partial charge in [-0.05, 0) is 73.5 Å². The number of hydrogen-bond acceptors (Lipinski definition) is 5. The Morgan fingerprint density at radius 1 is 1.06 bits per heavy atom. The Bertz CT molecular complexity index is 1210. The molecule has 1 aliphatic heterocycles. The van der Waals surface area contributed by atoms with Crippen LogP contribution >= 0.6 is 11.6 Å². The molecule has 3 aromatic rings. The number of anilines is 1. The highest BCUT2D eigenvalue weighted by Crippen LogP contribution is 2.42. The van der Waals surface area contributed by atoms with Gasteiger partial charge in [0.2, 0.25) is 0 Å². The summed E-state index contributed by atoms with van der Waals surface area (Å²) in [5.41, 5.74) is 0.825. The molecule has 0 aliphatic carbocycles. The van der Waals surface area contributed by atoms with Gasteiger partial charge in [-0.1, -0.05) is 25.4 Å². The third-order valence-corrected chi connectivity index (χ3v) is 5.54. The molecule has 2 heterocycles. The number of halogens is 1. The van der Waals surface area contributed by atoms with Gasteiger partial charge in [0, 0.05) is 16.3 Å². The van der Waals surface area contributed by atoms with Crippen LogP contribution in [0.25, 0.3) is 5.76 Å². The van der Waals surface area contributed by atoms with E-state index in [2.05, 4.69) is 13.8 Å². The predicted octanol–water partition coefficient (Wildman–Crippen LogP) is 5.90. The predicted molar refractivity (Wildman–Crippen MR) is 126 cm³/mol. The van der Waals surface area contributed by atoms with Crippen LogP contribution in [0.5, 0.6) is 5.75 Å². The quantitative estimate of drug-likeness (QED) is 0.278. The van der Waals surface area contributed by atoms with Gasteiger partial charge in [0.15, 0.2) is 0 Å². The summed E-state index contributed by atoms with van der Waals surface area (Å²) in [7, 11) is 0. The standard InChI is InChI=1S/C26H24ClNO5/c1-15(2)14-32-20-11-5-17(6-12-20)24(29)22-23(21-13-4-16(3)33-21)28(26(31)25(22)30)19-9-7-18(27)8-10-19/h4-13,15,23,29H,14H2,1-3H3/b24-22-. The first-order chi connectivity index (χ1) is 15.8. The molecular formula is C26H24ClNO5. The van der Waals surface area contributed by atoms with Gasteiger partial charge in [0.05, 0.1) is 12.2 Å². The van der Waals surface area contributed by atoms with Crippen molar-refractivity contribution in [2.75, 3.05) is 11.5 Å². The summed E-state index contributed by atoms with van der Waals surface area (Å²) < 4.78 is 11.5. The highest BCUT2D eigenvalue weighted by atomic mass is 35.5. The number of furan rings is 1. The summed E-state index contributed by atoms with van der Waals surface area (Å²) in [4.78, 5) is 27.5. The summed E-state index contributed by atoms with van der Waals surface area (Å²) in [6, 6.07) is 15.9. The molecule has 1 saturated heterocycles. The second kappa shape index (κ2) is 9.16. The number of Topliss-reactive ketones (excluding diaryl/α,β-unsaturated/α-hetero) is 1. The van der Waals surface area contributed by atoms with E-state index < -0.39 is 17.7 Å². The van der Waals surface area contributed by atoms with Crippen molar-refractivity contribution in [2.45, 2.75) is 26.8 Å². The van der Waals surface area contributed by atoms with E-state index in [0.29, 0.717) is 46.1 Å². The van der Waals surface area contributed by atoms with Crippen molar-refractivity contribution in [2.24, 2.45) is 5.92 Å². The second-order valence-corrected chi connectivity index (χ2v) is 8.76. The molecule has 4 rings (SSSR count). The number of rotatable bonds is 6. The molecule has 1 aromatic heterocycles. The van der Waals surface area contributed by atoms with Crippen molar-refractivity contribution in [1.29, 1.82) is 0 Å². The molecule has 0 bridgehead atoms. The zero-order valence-corrected chi connectivity index (χ0v) is 19.3. The van der Waals surface area contributed by atoms with Crippen LogP contribution in [0.2, 0.25) is 5.02 Å². The molecule has 1 aliphatic rings. The average Bonchev–Trinajstić information content (AvgIpc) is 3.34. The van der Waals surface area contributed by atoms with Crippen molar-refractivity contribution in [1.82, 2.24) is 0 Å². The second-order valence-electron chi connectivity index (χ2n) is 8.32. The highest BCUT2D eigenvalue weighted by Gasteiger charge is 2.48. The van der Waals surface area contributed by atoms with Gasteiger partial charge in [0.1, 0.15) is 29.1 Å². The summed E-state index contributed by atoms with van der Waals surface area (Å²) in [6.45, 7) is 6.44. The Morgan fingerprint density at radius 3 is 2.30 bits per heavy atom. The first-order valence-electron chi connectivity index (χ1n) is 10.6. The van der Waals surface area contributed by atoms with Gasteiger partial charge < -0.3 is 14.3 Å². The Hall–Kier alpha value is -3.51. The van der Waals surface area contributed by atoms with Gasteiger partial charge in [-0.2, -0.15) is 0 Å². The van der Waals surface area contributed by atoms with Gasteiger partial charge in [0.25, 0.3) is 11.7 Å². The van der Waals surface area contributed by atoms with Gasteiger partial charge in [-0.15, -0.1) is 0 Å². The van der Waals surface area contributed by atoms with Crippen LogP contribution in [-0.4, -0.2) is 23.4 Å². The molecule has 170 valence electrons. The Morgan fingerprint density at radius 2 is 1.73 bits per heavy atom. The Balaban J connectivity index is 1.79. The topological polar surface area (TPSA) is 80.0 Å². The van der Waals surface area contributed by atoms with E-state index in [4.69, 9.17) is 20.8 Å². The molecular weight excluding hydrogens is 442 g/mol. The first-order valence-corrected chi connectivity index (χ1v) is 11.0. The monoisotopic (exact) mass is 465 g/mol. The minimum absolute atomic E-state index is 0.0415. The Kier molecular flexibility index (Phi) is 6.29. The summed E-state index contributed by atoms with van der Waals surface area (Å²) in [6.07, 6.45) is 0. The van der Waals surface area contributed by atoms with E-state index in [-0.39, 0.29) is 11.3 Å². The van der Waals surface area contributed by atoms with E-state index in [0.717, 1.165) is 0 Å². The minimum Gasteiger partial charge on any atom is -0.507 e. The summed E-state index contributed by atoms with van der Waals surface area (Å²) >= 11 is 6.00. The smallest absolute Gasteiger partial charge is 0.300 e. The van der Waals surface area contributed by atoms with Crippen molar-refractivity contribution in [3.05, 3.63) is 88.3 Å². The number of carbonyl (C=O) groups is 2. The lowest BCUT2D eigenvalue weighted by molar-refractivity contribution is -0.132. The summed E-state index contributed by atoms with van der Waals surface area (Å²) in [5.74, 6) is 0.202. The molecule has 1 fully saturated rings. The SMILES string of the molecule is Cc1ccc(C2/C(=C(/O)c3ccc(OCC(C)C)cc3)C(=O)C(=O)N2c2ccc(Cl)cc2)o1. The maximum absolute atomic E-state index is 13.1. The van der Waals surface area contributed by atoms with E-state index >= 15 is 0 Å². The van der Waals surface area contributed by atoms with Gasteiger partial charge in [-0.25, -0.2) is 0 Å². The third kappa shape index (κ3) is 4.52. The van der Waals surface area contributed by atoms with Gasteiger partial charge in [-0.3, -0.25) is 14.5 Å². The first kappa shape index (κ1) is 22.7. The number of nitrogens with zero attached hydrogens (tertiary/aromatic N) is 1. The lowest BCUT2D eigenvalue weighted by atomic mass is 9.99. The normalized spacial score (nSPS) is 17.7. The molecule has 1 atom stereocenters. The van der Waals surface area contributed by atoms with Crippen LogP contribution in [0.1, 0.15) is 37.0 Å². The Labute approximate surface area is 197 Å². The van der Waals surface area contributed by atoms with Crippen LogP contribution in [0.4, 0.5) is 5.69 Å². The number of carbonyl (C=O) groups excluding carboxylic acids is 2. The number of ketones is 1. The number of ether oxygens (including phenoxy) is 1. The van der Waals surface area contributed by atoms with Crippen LogP contribution in [-0.2, 0) is 9.59 Å². The number of hydrogen-bond donors (Lipinski definition) is 1. The summed E-state index contributed by atoms with van der Waals surface area (Å²) in [5, 5.41) is 11.6. The maximum atomic E-state index is 13.1. The van der Waals surface area contributed by atoms with E-state index in [1.165, 1.54) is 4.90 Å². The van der Waals surface area contributed by atoms with Crippen LogP contribution in [0.3, 0.4) is 0 Å². The maximum Gasteiger partial charge on any atom is 0.300 e. The molecule has 0 saturated carbocycles. The molecule has 1 amide bonds.